The van der Waals surface area contributed by atoms with Gasteiger partial charge in [-0.25, -0.2) is 9.59 Å². The molecule has 0 amide bonds. The third kappa shape index (κ3) is 5.45. The Kier molecular flexibility index (Phi) is 7.19. The van der Waals surface area contributed by atoms with Gasteiger partial charge in [-0.1, -0.05) is 18.7 Å². The second-order valence-electron chi connectivity index (χ2n) is 6.69. The van der Waals surface area contributed by atoms with Crippen molar-refractivity contribution in [3.8, 4) is 5.75 Å². The lowest BCUT2D eigenvalue weighted by Crippen LogP contribution is -2.17. The highest BCUT2D eigenvalue weighted by atomic mass is 32.1. The first-order valence-electron chi connectivity index (χ1n) is 9.55. The van der Waals surface area contributed by atoms with Crippen LogP contribution >= 0.6 is 11.3 Å². The minimum Gasteiger partial charge on any atom is -0.482 e. The van der Waals surface area contributed by atoms with Crippen LogP contribution in [-0.4, -0.2) is 31.3 Å². The number of carbonyl (C=O) groups is 2. The molecule has 3 aromatic rings. The number of hydrogen-bond donors (Lipinski definition) is 0. The van der Waals surface area contributed by atoms with Gasteiger partial charge in [0.2, 0.25) is 0 Å². The summed E-state index contributed by atoms with van der Waals surface area (Å²) in [6.07, 6.45) is 1.98. The summed E-state index contributed by atoms with van der Waals surface area (Å²) < 4.78 is 17.4. The predicted octanol–water partition coefficient (Wildman–Crippen LogP) is 4.23. The number of ether oxygens (including phenoxy) is 3. The van der Waals surface area contributed by atoms with Crippen LogP contribution in [0.3, 0.4) is 0 Å². The Bertz CT molecular complexity index is 1130. The van der Waals surface area contributed by atoms with E-state index in [0.29, 0.717) is 29.4 Å². The average Bonchev–Trinajstić information content (AvgIpc) is 2.75. The maximum atomic E-state index is 12.6. The van der Waals surface area contributed by atoms with Gasteiger partial charge in [-0.2, -0.15) is 0 Å². The van der Waals surface area contributed by atoms with E-state index in [0.717, 1.165) is 15.5 Å². The summed E-state index contributed by atoms with van der Waals surface area (Å²) in [4.78, 5) is 35.6. The third-order valence-corrected chi connectivity index (χ3v) is 5.54. The summed E-state index contributed by atoms with van der Waals surface area (Å²) in [6.45, 7) is 5.09. The van der Waals surface area contributed by atoms with E-state index in [4.69, 9.17) is 14.2 Å². The van der Waals surface area contributed by atoms with Gasteiger partial charge in [0.1, 0.15) is 5.75 Å². The van der Waals surface area contributed by atoms with Crippen molar-refractivity contribution in [1.82, 2.24) is 0 Å². The van der Waals surface area contributed by atoms with Gasteiger partial charge in [-0.15, -0.1) is 11.3 Å². The molecule has 0 saturated heterocycles. The molecule has 1 heterocycles. The lowest BCUT2D eigenvalue weighted by atomic mass is 10.2. The first kappa shape index (κ1) is 21.5. The van der Waals surface area contributed by atoms with Crippen molar-refractivity contribution in [3.05, 3.63) is 65.3 Å². The molecule has 0 aliphatic heterocycles. The van der Waals surface area contributed by atoms with Gasteiger partial charge in [0.15, 0.2) is 12.0 Å². The number of fused-ring (bicyclic) bond motifs is 2. The summed E-state index contributed by atoms with van der Waals surface area (Å²) in [7, 11) is 0. The van der Waals surface area contributed by atoms with E-state index in [1.807, 2.05) is 24.3 Å². The van der Waals surface area contributed by atoms with E-state index >= 15 is 0 Å². The molecule has 0 aliphatic carbocycles. The number of esters is 2. The molecule has 2 aromatic carbocycles. The molecule has 1 unspecified atom stereocenters. The summed E-state index contributed by atoms with van der Waals surface area (Å²) in [5.41, 5.74) is -0.0155. The molecule has 0 radical (unpaired) electrons. The highest BCUT2D eigenvalue weighted by molar-refractivity contribution is 7.24. The summed E-state index contributed by atoms with van der Waals surface area (Å²) in [5.74, 6) is -0.464. The molecule has 1 aromatic heterocycles. The van der Waals surface area contributed by atoms with Crippen molar-refractivity contribution in [2.45, 2.75) is 25.9 Å². The topological polar surface area (TPSA) is 78.9 Å². The van der Waals surface area contributed by atoms with Crippen molar-refractivity contribution in [3.63, 3.8) is 0 Å². The molecule has 156 valence electrons. The Balaban J connectivity index is 1.51. The van der Waals surface area contributed by atoms with Crippen LogP contribution < -0.4 is 10.2 Å². The van der Waals surface area contributed by atoms with E-state index in [9.17, 15) is 14.4 Å². The Labute approximate surface area is 177 Å². The predicted molar refractivity (Wildman–Crippen MR) is 117 cm³/mol. The van der Waals surface area contributed by atoms with E-state index < -0.39 is 11.9 Å². The number of hydrogen-bond acceptors (Lipinski definition) is 7. The van der Waals surface area contributed by atoms with Gasteiger partial charge < -0.3 is 14.2 Å². The SMILES string of the molecule is C=CC(=O)OC(C)CCCOC(=O)COc1ccc2c(=O)c3ccccc3sc2c1. The molecule has 0 N–H and O–H groups in total. The third-order valence-electron chi connectivity index (χ3n) is 4.41. The number of benzene rings is 2. The highest BCUT2D eigenvalue weighted by Crippen LogP contribution is 2.27. The second-order valence-corrected chi connectivity index (χ2v) is 7.77. The van der Waals surface area contributed by atoms with Crippen LogP contribution in [0.5, 0.6) is 5.75 Å². The van der Waals surface area contributed by atoms with Gasteiger partial charge >= 0.3 is 11.9 Å². The van der Waals surface area contributed by atoms with Crippen molar-refractivity contribution in [2.75, 3.05) is 13.2 Å². The highest BCUT2D eigenvalue weighted by Gasteiger charge is 2.10. The van der Waals surface area contributed by atoms with Crippen LogP contribution in [0.4, 0.5) is 0 Å². The second kappa shape index (κ2) is 10.0. The van der Waals surface area contributed by atoms with Gasteiger partial charge in [-0.05, 0) is 50.1 Å². The van der Waals surface area contributed by atoms with Crippen LogP contribution in [0.15, 0.2) is 59.9 Å². The van der Waals surface area contributed by atoms with E-state index in [2.05, 4.69) is 6.58 Å². The fourth-order valence-electron chi connectivity index (χ4n) is 2.92. The first-order valence-corrected chi connectivity index (χ1v) is 10.4. The largest absolute Gasteiger partial charge is 0.482 e. The standard InChI is InChI=1S/C23H22O6S/c1-3-21(24)29-15(2)7-6-12-27-22(25)14-28-16-10-11-18-20(13-16)30-19-9-5-4-8-17(19)23(18)26/h3-5,8-11,13,15H,1,6-7,12,14H2,2H3. The molecule has 0 aliphatic rings. The Morgan fingerprint density at radius 2 is 1.90 bits per heavy atom. The van der Waals surface area contributed by atoms with Crippen LogP contribution in [-0.2, 0) is 19.1 Å². The summed E-state index contributed by atoms with van der Waals surface area (Å²) >= 11 is 1.50. The normalized spacial score (nSPS) is 11.8. The smallest absolute Gasteiger partial charge is 0.344 e. The molecule has 0 saturated carbocycles. The van der Waals surface area contributed by atoms with Gasteiger partial charge in [0, 0.05) is 26.2 Å². The molecular formula is C23H22O6S. The lowest BCUT2D eigenvalue weighted by Gasteiger charge is -2.12. The molecule has 30 heavy (non-hydrogen) atoms. The molecular weight excluding hydrogens is 404 g/mol. The summed E-state index contributed by atoms with van der Waals surface area (Å²) in [5, 5.41) is 1.32. The zero-order chi connectivity index (χ0) is 21.5. The van der Waals surface area contributed by atoms with E-state index in [1.165, 1.54) is 11.3 Å². The summed E-state index contributed by atoms with van der Waals surface area (Å²) in [6, 6.07) is 12.6. The Morgan fingerprint density at radius 3 is 2.70 bits per heavy atom. The molecule has 3 rings (SSSR count). The van der Waals surface area contributed by atoms with E-state index in [-0.39, 0.29) is 24.7 Å². The molecule has 6 nitrogen and oxygen atoms in total. The van der Waals surface area contributed by atoms with Crippen molar-refractivity contribution < 1.29 is 23.8 Å². The molecule has 1 atom stereocenters. The van der Waals surface area contributed by atoms with Gasteiger partial charge in [-0.3, -0.25) is 4.79 Å². The van der Waals surface area contributed by atoms with Crippen LogP contribution in [0.1, 0.15) is 19.8 Å². The Hall–Kier alpha value is -3.19. The van der Waals surface area contributed by atoms with Gasteiger partial charge in [0.05, 0.1) is 12.7 Å². The van der Waals surface area contributed by atoms with Crippen molar-refractivity contribution in [2.24, 2.45) is 0 Å². The van der Waals surface area contributed by atoms with Gasteiger partial charge in [0.25, 0.3) is 0 Å². The average molecular weight is 426 g/mol. The lowest BCUT2D eigenvalue weighted by molar-refractivity contribution is -0.147. The number of rotatable bonds is 9. The van der Waals surface area contributed by atoms with E-state index in [1.54, 1.807) is 25.1 Å². The first-order chi connectivity index (χ1) is 14.5. The van der Waals surface area contributed by atoms with Crippen molar-refractivity contribution in [1.29, 1.82) is 0 Å². The van der Waals surface area contributed by atoms with Crippen LogP contribution in [0.25, 0.3) is 20.2 Å². The molecule has 0 spiro atoms. The maximum absolute atomic E-state index is 12.6. The minimum atomic E-state index is -0.488. The van der Waals surface area contributed by atoms with Crippen LogP contribution in [0.2, 0.25) is 0 Å². The fourth-order valence-corrected chi connectivity index (χ4v) is 4.02. The minimum absolute atomic E-state index is 0.0155. The van der Waals surface area contributed by atoms with Crippen molar-refractivity contribution >= 4 is 43.4 Å². The molecule has 0 bridgehead atoms. The monoisotopic (exact) mass is 426 g/mol. The number of carbonyl (C=O) groups excluding carboxylic acids is 2. The maximum Gasteiger partial charge on any atom is 0.344 e. The van der Waals surface area contributed by atoms with Crippen LogP contribution in [0, 0.1) is 0 Å². The molecule has 7 heteroatoms. The fraction of sp³-hybridized carbons (Fsp3) is 0.261. The Morgan fingerprint density at radius 1 is 1.13 bits per heavy atom. The molecule has 0 fully saturated rings. The quantitative estimate of drug-likeness (QED) is 0.220. The zero-order valence-electron chi connectivity index (χ0n) is 16.6. The zero-order valence-corrected chi connectivity index (χ0v) is 17.4.